The summed E-state index contributed by atoms with van der Waals surface area (Å²) in [6.07, 6.45) is 0. The van der Waals surface area contributed by atoms with Gasteiger partial charge in [-0.3, -0.25) is 9.59 Å². The number of halogens is 4. The van der Waals surface area contributed by atoms with E-state index in [2.05, 4.69) is 10.6 Å². The number of benzene rings is 4. The van der Waals surface area contributed by atoms with Gasteiger partial charge in [0.05, 0.1) is 31.2 Å². The molecule has 41 heavy (non-hydrogen) atoms. The molecular weight excluding hydrogens is 626 g/mol. The summed E-state index contributed by atoms with van der Waals surface area (Å²) in [5.41, 5.74) is 3.12. The average Bonchev–Trinajstić information content (AvgIpc) is 2.95. The molecular formula is C30H22Cl4N2O4S. The molecule has 0 aliphatic carbocycles. The zero-order valence-electron chi connectivity index (χ0n) is 21.6. The van der Waals surface area contributed by atoms with Crippen molar-refractivity contribution in [1.29, 1.82) is 0 Å². The van der Waals surface area contributed by atoms with Gasteiger partial charge in [0, 0.05) is 16.3 Å². The molecule has 0 aliphatic heterocycles. The molecule has 4 rings (SSSR count). The number of aromatic carboxylic acids is 1. The molecule has 1 atom stereocenters. The van der Waals surface area contributed by atoms with Gasteiger partial charge in [-0.05, 0) is 66.9 Å². The molecule has 0 aliphatic rings. The lowest BCUT2D eigenvalue weighted by Gasteiger charge is -2.18. The molecule has 1 unspecified atom stereocenters. The van der Waals surface area contributed by atoms with Crippen LogP contribution in [0.15, 0.2) is 77.7 Å². The van der Waals surface area contributed by atoms with Gasteiger partial charge in [0.25, 0.3) is 5.91 Å². The van der Waals surface area contributed by atoms with Gasteiger partial charge in [0.1, 0.15) is 5.25 Å². The molecule has 0 saturated heterocycles. The summed E-state index contributed by atoms with van der Waals surface area (Å²) < 4.78 is 0. The number of aryl methyl sites for hydroxylation is 2. The molecule has 210 valence electrons. The molecule has 0 fully saturated rings. The van der Waals surface area contributed by atoms with E-state index in [4.69, 9.17) is 46.4 Å². The van der Waals surface area contributed by atoms with Crippen molar-refractivity contribution in [3.63, 3.8) is 0 Å². The van der Waals surface area contributed by atoms with Crippen molar-refractivity contribution in [3.8, 4) is 0 Å². The van der Waals surface area contributed by atoms with Crippen LogP contribution >= 0.6 is 58.2 Å². The normalized spacial score (nSPS) is 11.6. The van der Waals surface area contributed by atoms with E-state index in [0.717, 1.165) is 21.6 Å². The summed E-state index contributed by atoms with van der Waals surface area (Å²) >= 11 is 25.6. The number of nitrogens with one attached hydrogen (secondary N) is 2. The number of carbonyl (C=O) groups excluding carboxylic acids is 2. The second-order valence-electron chi connectivity index (χ2n) is 8.99. The molecule has 11 heteroatoms. The summed E-state index contributed by atoms with van der Waals surface area (Å²) in [5, 5.41) is 13.5. The maximum atomic E-state index is 13.4. The second kappa shape index (κ2) is 13.2. The maximum absolute atomic E-state index is 13.4. The first-order chi connectivity index (χ1) is 19.5. The molecule has 4 aromatic rings. The summed E-state index contributed by atoms with van der Waals surface area (Å²) in [6, 6.07) is 21.9. The van der Waals surface area contributed by atoms with Gasteiger partial charge in [-0.2, -0.15) is 0 Å². The van der Waals surface area contributed by atoms with Crippen LogP contribution in [0, 0.1) is 13.8 Å². The Morgan fingerprint density at radius 3 is 1.88 bits per heavy atom. The van der Waals surface area contributed by atoms with E-state index in [0.29, 0.717) is 11.4 Å². The monoisotopic (exact) mass is 646 g/mol. The van der Waals surface area contributed by atoms with E-state index >= 15 is 0 Å². The third-order valence-electron chi connectivity index (χ3n) is 6.19. The van der Waals surface area contributed by atoms with E-state index in [1.165, 1.54) is 11.8 Å². The van der Waals surface area contributed by atoms with E-state index in [1.807, 2.05) is 62.4 Å². The Kier molecular flexibility index (Phi) is 9.89. The third kappa shape index (κ3) is 7.00. The van der Waals surface area contributed by atoms with E-state index in [9.17, 15) is 19.5 Å². The zero-order chi connectivity index (χ0) is 29.8. The molecule has 0 radical (unpaired) electrons. The zero-order valence-corrected chi connectivity index (χ0v) is 25.4. The third-order valence-corrected chi connectivity index (χ3v) is 9.26. The van der Waals surface area contributed by atoms with Crippen molar-refractivity contribution in [2.24, 2.45) is 0 Å². The Labute approximate surface area is 261 Å². The highest BCUT2D eigenvalue weighted by molar-refractivity contribution is 8.00. The van der Waals surface area contributed by atoms with Gasteiger partial charge >= 0.3 is 5.97 Å². The van der Waals surface area contributed by atoms with Gasteiger partial charge in [0.15, 0.2) is 0 Å². The lowest BCUT2D eigenvalue weighted by atomic mass is 10.1. The highest BCUT2D eigenvalue weighted by atomic mass is 35.5. The van der Waals surface area contributed by atoms with Crippen LogP contribution in [-0.2, 0) is 4.79 Å². The van der Waals surface area contributed by atoms with Crippen LogP contribution in [0.1, 0.15) is 42.7 Å². The molecule has 0 heterocycles. The first kappa shape index (κ1) is 30.8. The summed E-state index contributed by atoms with van der Waals surface area (Å²) in [4.78, 5) is 39.0. The summed E-state index contributed by atoms with van der Waals surface area (Å²) in [6.45, 7) is 4.00. The largest absolute Gasteiger partial charge is 0.478 e. The Hall–Kier alpha value is -3.20. The molecule has 0 bridgehead atoms. The van der Waals surface area contributed by atoms with Crippen LogP contribution in [0.3, 0.4) is 0 Å². The number of carbonyl (C=O) groups is 3. The lowest BCUT2D eigenvalue weighted by Crippen LogP contribution is -2.19. The molecule has 0 saturated carbocycles. The smallest absolute Gasteiger partial charge is 0.338 e. The van der Waals surface area contributed by atoms with Crippen LogP contribution in [-0.4, -0.2) is 22.9 Å². The van der Waals surface area contributed by atoms with E-state index in [-0.39, 0.29) is 21.0 Å². The minimum Gasteiger partial charge on any atom is -0.478 e. The first-order valence-corrected chi connectivity index (χ1v) is 14.5. The minimum atomic E-state index is -1.49. The number of anilines is 2. The van der Waals surface area contributed by atoms with E-state index < -0.39 is 33.3 Å². The van der Waals surface area contributed by atoms with Gasteiger partial charge in [-0.1, -0.05) is 82.8 Å². The highest BCUT2D eigenvalue weighted by Crippen LogP contribution is 2.42. The van der Waals surface area contributed by atoms with Crippen LogP contribution in [0.4, 0.5) is 11.4 Å². The number of hydrogen-bond acceptors (Lipinski definition) is 4. The summed E-state index contributed by atoms with van der Waals surface area (Å²) in [7, 11) is 0. The molecule has 2 amide bonds. The number of hydrogen-bond donors (Lipinski definition) is 3. The SMILES string of the molecule is Cc1ccc(NC(=O)C(Sc2ccc(NC(=O)c3c(Cl)c(Cl)c(Cl)c(Cl)c3C(=O)O)cc2)c2ccccc2)cc1C. The number of thioether (sulfide) groups is 1. The Balaban J connectivity index is 1.56. The minimum absolute atomic E-state index is 0.186. The molecule has 0 spiro atoms. The lowest BCUT2D eigenvalue weighted by molar-refractivity contribution is -0.115. The number of amides is 2. The van der Waals surface area contributed by atoms with Crippen molar-refractivity contribution in [1.82, 2.24) is 0 Å². The Bertz CT molecular complexity index is 1650. The fraction of sp³-hybridized carbons (Fsp3) is 0.100. The Morgan fingerprint density at radius 1 is 0.707 bits per heavy atom. The predicted octanol–water partition coefficient (Wildman–Crippen LogP) is 9.34. The number of carboxylic acids is 1. The molecule has 4 aromatic carbocycles. The van der Waals surface area contributed by atoms with Crippen molar-refractivity contribution in [2.75, 3.05) is 10.6 Å². The fourth-order valence-electron chi connectivity index (χ4n) is 3.92. The average molecular weight is 648 g/mol. The number of carboxylic acid groups (broad SMARTS) is 1. The standard InChI is InChI=1S/C30H22Cl4N2O4S/c1-15-8-9-19(14-16(15)2)36-29(38)27(17-6-4-3-5-7-17)41-20-12-10-18(11-13-20)35-28(37)21-22(30(39)40)24(32)26(34)25(33)23(21)31/h3-14,27H,1-2H3,(H,35,37)(H,36,38)(H,39,40). The van der Waals surface area contributed by atoms with Crippen LogP contribution in [0.2, 0.25) is 20.1 Å². The van der Waals surface area contributed by atoms with E-state index in [1.54, 1.807) is 24.3 Å². The summed E-state index contributed by atoms with van der Waals surface area (Å²) in [5.74, 6) is -2.50. The number of rotatable bonds is 8. The maximum Gasteiger partial charge on any atom is 0.338 e. The molecule has 3 N–H and O–H groups in total. The topological polar surface area (TPSA) is 95.5 Å². The molecule has 0 aromatic heterocycles. The van der Waals surface area contributed by atoms with Gasteiger partial charge < -0.3 is 15.7 Å². The van der Waals surface area contributed by atoms with Crippen molar-refractivity contribution < 1.29 is 19.5 Å². The fourth-order valence-corrected chi connectivity index (χ4v) is 5.96. The van der Waals surface area contributed by atoms with Gasteiger partial charge in [-0.15, -0.1) is 11.8 Å². The first-order valence-electron chi connectivity index (χ1n) is 12.1. The van der Waals surface area contributed by atoms with Crippen LogP contribution in [0.5, 0.6) is 0 Å². The van der Waals surface area contributed by atoms with Gasteiger partial charge in [0.2, 0.25) is 5.91 Å². The highest BCUT2D eigenvalue weighted by Gasteiger charge is 2.29. The van der Waals surface area contributed by atoms with Crippen LogP contribution < -0.4 is 10.6 Å². The van der Waals surface area contributed by atoms with Crippen LogP contribution in [0.25, 0.3) is 0 Å². The predicted molar refractivity (Wildman–Crippen MR) is 167 cm³/mol. The Morgan fingerprint density at radius 2 is 1.29 bits per heavy atom. The van der Waals surface area contributed by atoms with Crippen molar-refractivity contribution in [3.05, 3.63) is 121 Å². The second-order valence-corrected chi connectivity index (χ2v) is 11.7. The quantitative estimate of drug-likeness (QED) is 0.101. The van der Waals surface area contributed by atoms with Crippen molar-refractivity contribution >= 4 is 87.3 Å². The van der Waals surface area contributed by atoms with Gasteiger partial charge in [-0.25, -0.2) is 4.79 Å². The van der Waals surface area contributed by atoms with Crippen molar-refractivity contribution in [2.45, 2.75) is 24.0 Å². The molecule has 6 nitrogen and oxygen atoms in total.